The van der Waals surface area contributed by atoms with Gasteiger partial charge in [-0.15, -0.1) is 0 Å². The lowest BCUT2D eigenvalue weighted by Gasteiger charge is -2.25. The molecule has 6 heteroatoms. The van der Waals surface area contributed by atoms with Crippen molar-refractivity contribution in [2.75, 3.05) is 12.4 Å². The van der Waals surface area contributed by atoms with Gasteiger partial charge in [0, 0.05) is 42.7 Å². The van der Waals surface area contributed by atoms with Crippen molar-refractivity contribution in [1.29, 1.82) is 0 Å². The fraction of sp³-hybridized carbons (Fsp3) is 0.316. The van der Waals surface area contributed by atoms with Crippen molar-refractivity contribution in [2.45, 2.75) is 32.9 Å². The van der Waals surface area contributed by atoms with Crippen LogP contribution in [0.3, 0.4) is 0 Å². The van der Waals surface area contributed by atoms with Crippen LogP contribution < -0.4 is 5.32 Å². The number of esters is 1. The number of hydrogen-bond donors (Lipinski definition) is 1. The number of fused-ring (bicyclic) bond motifs is 1. The van der Waals surface area contributed by atoms with E-state index in [2.05, 4.69) is 10.3 Å². The number of urea groups is 1. The summed E-state index contributed by atoms with van der Waals surface area (Å²) >= 11 is 0. The summed E-state index contributed by atoms with van der Waals surface area (Å²) in [5.74, 6) is -0.315. The van der Waals surface area contributed by atoms with Crippen LogP contribution in [0.4, 0.5) is 10.5 Å². The highest BCUT2D eigenvalue weighted by molar-refractivity contribution is 5.95. The van der Waals surface area contributed by atoms with Crippen molar-refractivity contribution in [3.05, 3.63) is 58.9 Å². The number of carbonyl (C=O) groups excluding carboxylic acids is 2. The second-order valence-electron chi connectivity index (χ2n) is 6.31. The summed E-state index contributed by atoms with van der Waals surface area (Å²) in [7, 11) is 1.76. The van der Waals surface area contributed by atoms with Crippen molar-refractivity contribution >= 4 is 17.7 Å². The lowest BCUT2D eigenvalue weighted by atomic mass is 10.1. The Morgan fingerprint density at radius 2 is 2.20 bits per heavy atom. The van der Waals surface area contributed by atoms with Crippen LogP contribution >= 0.6 is 0 Å². The zero-order valence-electron chi connectivity index (χ0n) is 14.6. The number of amides is 2. The van der Waals surface area contributed by atoms with Crippen molar-refractivity contribution < 1.29 is 14.3 Å². The molecule has 0 aliphatic carbocycles. The van der Waals surface area contributed by atoms with E-state index in [0.717, 1.165) is 16.8 Å². The number of aryl methyl sites for hydroxylation is 1. The molecule has 1 aliphatic rings. The second-order valence-corrected chi connectivity index (χ2v) is 6.31. The van der Waals surface area contributed by atoms with Gasteiger partial charge in [-0.25, -0.2) is 9.59 Å². The normalized spacial score (nSPS) is 13.8. The number of likely N-dealkylation sites (N-methyl/N-ethyl adjacent to an activating group) is 1. The minimum Gasteiger partial charge on any atom is -0.457 e. The maximum absolute atomic E-state index is 12.5. The molecular formula is C19H21N3O3. The van der Waals surface area contributed by atoms with Gasteiger partial charge in [-0.3, -0.25) is 4.98 Å². The molecule has 2 aromatic rings. The van der Waals surface area contributed by atoms with Gasteiger partial charge >= 0.3 is 12.0 Å². The quantitative estimate of drug-likeness (QED) is 0.869. The van der Waals surface area contributed by atoms with Gasteiger partial charge in [0.15, 0.2) is 0 Å². The molecule has 0 unspecified atom stereocenters. The molecule has 1 atom stereocenters. The molecule has 0 spiro atoms. The van der Waals surface area contributed by atoms with Crippen molar-refractivity contribution in [3.8, 4) is 0 Å². The largest absolute Gasteiger partial charge is 0.457 e. The molecule has 25 heavy (non-hydrogen) atoms. The molecule has 3 rings (SSSR count). The fourth-order valence-electron chi connectivity index (χ4n) is 2.77. The average Bonchev–Trinajstić information content (AvgIpc) is 2.96. The van der Waals surface area contributed by atoms with Gasteiger partial charge in [-0.05, 0) is 43.7 Å². The van der Waals surface area contributed by atoms with Gasteiger partial charge < -0.3 is 15.0 Å². The summed E-state index contributed by atoms with van der Waals surface area (Å²) in [5, 5.41) is 2.87. The summed E-state index contributed by atoms with van der Waals surface area (Å²) in [4.78, 5) is 30.0. The van der Waals surface area contributed by atoms with Gasteiger partial charge in [0.1, 0.15) is 6.61 Å². The van der Waals surface area contributed by atoms with Crippen LogP contribution in [0.2, 0.25) is 0 Å². The number of hydrogen-bond acceptors (Lipinski definition) is 4. The molecule has 0 saturated heterocycles. The van der Waals surface area contributed by atoms with E-state index in [1.807, 2.05) is 26.0 Å². The van der Waals surface area contributed by atoms with Gasteiger partial charge in [-0.1, -0.05) is 6.07 Å². The molecule has 0 bridgehead atoms. The smallest absolute Gasteiger partial charge is 0.338 e. The first-order valence-electron chi connectivity index (χ1n) is 8.20. The van der Waals surface area contributed by atoms with Crippen LogP contribution in [-0.4, -0.2) is 35.0 Å². The van der Waals surface area contributed by atoms with Crippen LogP contribution in [-0.2, 0) is 17.8 Å². The highest BCUT2D eigenvalue weighted by Gasteiger charge is 2.22. The molecule has 1 N–H and O–H groups in total. The summed E-state index contributed by atoms with van der Waals surface area (Å²) < 4.78 is 4.98. The Kier molecular flexibility index (Phi) is 4.70. The highest BCUT2D eigenvalue weighted by atomic mass is 16.5. The number of ether oxygens (including phenoxy) is 1. The minimum absolute atomic E-state index is 0.00654. The summed E-state index contributed by atoms with van der Waals surface area (Å²) in [6.45, 7) is 4.26. The summed E-state index contributed by atoms with van der Waals surface area (Å²) in [6, 6.07) is 8.88. The number of benzene rings is 1. The number of carbonyl (C=O) groups is 2. The number of rotatable bonds is 4. The third kappa shape index (κ3) is 3.63. The van der Waals surface area contributed by atoms with Crippen LogP contribution in [0.5, 0.6) is 0 Å². The number of anilines is 1. The molecular weight excluding hydrogens is 318 g/mol. The molecule has 1 aromatic heterocycles. The van der Waals surface area contributed by atoms with E-state index < -0.39 is 0 Å². The molecule has 2 heterocycles. The third-order valence-corrected chi connectivity index (χ3v) is 4.52. The molecule has 0 fully saturated rings. The fourth-order valence-corrected chi connectivity index (χ4v) is 2.77. The minimum atomic E-state index is -0.315. The van der Waals surface area contributed by atoms with E-state index in [-0.39, 0.29) is 24.6 Å². The van der Waals surface area contributed by atoms with Crippen molar-refractivity contribution in [1.82, 2.24) is 9.88 Å². The molecule has 130 valence electrons. The molecule has 6 nitrogen and oxygen atoms in total. The lowest BCUT2D eigenvalue weighted by molar-refractivity contribution is 0.0535. The Hall–Kier alpha value is -2.89. The van der Waals surface area contributed by atoms with Crippen LogP contribution in [0.15, 0.2) is 36.5 Å². The van der Waals surface area contributed by atoms with Gasteiger partial charge in [0.25, 0.3) is 0 Å². The van der Waals surface area contributed by atoms with E-state index in [1.54, 1.807) is 36.3 Å². The Labute approximate surface area is 146 Å². The predicted octanol–water partition coefficient (Wildman–Crippen LogP) is 3.16. The van der Waals surface area contributed by atoms with Crippen molar-refractivity contribution in [3.63, 3.8) is 0 Å². The Morgan fingerprint density at radius 1 is 1.40 bits per heavy atom. The summed E-state index contributed by atoms with van der Waals surface area (Å²) in [6.07, 6.45) is 2.45. The maximum atomic E-state index is 12.5. The van der Waals surface area contributed by atoms with E-state index in [4.69, 9.17) is 4.74 Å². The molecule has 1 aliphatic heterocycles. The molecule has 2 amide bonds. The predicted molar refractivity (Wildman–Crippen MR) is 94.5 cm³/mol. The topological polar surface area (TPSA) is 71.5 Å². The standard InChI is InChI=1S/C19H21N3O3/c1-12-5-4-8-20-17(12)9-13(2)22(3)19(24)21-15-6-7-16-14(10-15)11-25-18(16)23/h4-8,10,13H,9,11H2,1-3H3,(H,21,24)/t13-/m0/s1. The maximum Gasteiger partial charge on any atom is 0.338 e. The van der Waals surface area contributed by atoms with Gasteiger partial charge in [-0.2, -0.15) is 0 Å². The van der Waals surface area contributed by atoms with Crippen molar-refractivity contribution in [2.24, 2.45) is 0 Å². The highest BCUT2D eigenvalue weighted by Crippen LogP contribution is 2.23. The zero-order valence-corrected chi connectivity index (χ0v) is 14.6. The first kappa shape index (κ1) is 17.0. The first-order chi connectivity index (χ1) is 12.0. The first-order valence-corrected chi connectivity index (χ1v) is 8.20. The number of nitrogens with one attached hydrogen (secondary N) is 1. The van der Waals surface area contributed by atoms with Crippen LogP contribution in [0.1, 0.15) is 34.1 Å². The Bertz CT molecular complexity index is 819. The molecule has 0 radical (unpaired) electrons. The third-order valence-electron chi connectivity index (χ3n) is 4.52. The molecule has 0 saturated carbocycles. The lowest BCUT2D eigenvalue weighted by Crippen LogP contribution is -2.39. The van der Waals surface area contributed by atoms with E-state index >= 15 is 0 Å². The van der Waals surface area contributed by atoms with E-state index in [9.17, 15) is 9.59 Å². The zero-order chi connectivity index (χ0) is 18.0. The monoisotopic (exact) mass is 339 g/mol. The Morgan fingerprint density at radius 3 is 2.96 bits per heavy atom. The Balaban J connectivity index is 1.64. The number of aromatic nitrogens is 1. The molecule has 1 aromatic carbocycles. The number of cyclic esters (lactones) is 1. The van der Waals surface area contributed by atoms with Crippen LogP contribution in [0, 0.1) is 6.92 Å². The number of nitrogens with zero attached hydrogens (tertiary/aromatic N) is 2. The average molecular weight is 339 g/mol. The van der Waals surface area contributed by atoms with Crippen LogP contribution in [0.25, 0.3) is 0 Å². The van der Waals surface area contributed by atoms with Gasteiger partial charge in [0.2, 0.25) is 0 Å². The second kappa shape index (κ2) is 6.93. The van der Waals surface area contributed by atoms with E-state index in [1.165, 1.54) is 0 Å². The SMILES string of the molecule is Cc1cccnc1C[C@H](C)N(C)C(=O)Nc1ccc2c(c1)COC2=O. The van der Waals surface area contributed by atoms with E-state index in [0.29, 0.717) is 17.7 Å². The van der Waals surface area contributed by atoms with Gasteiger partial charge in [0.05, 0.1) is 5.56 Å². The number of pyridine rings is 1. The summed E-state index contributed by atoms with van der Waals surface area (Å²) in [5.41, 5.74) is 4.11.